The van der Waals surface area contributed by atoms with Gasteiger partial charge in [-0.2, -0.15) is 0 Å². The smallest absolute Gasteiger partial charge is 0.0781 e. The second-order valence-electron chi connectivity index (χ2n) is 8.08. The zero-order valence-corrected chi connectivity index (χ0v) is 21.7. The Morgan fingerprint density at radius 1 is 0.545 bits per heavy atom. The van der Waals surface area contributed by atoms with Crippen LogP contribution in [0.3, 0.4) is 0 Å². The van der Waals surface area contributed by atoms with Gasteiger partial charge in [-0.05, 0) is 41.5 Å². The standard InChI is InChI=1S/C18H38O7.C5H12O3/c1-13(20)8-21-15(3)10-23-17(5)12-25-18(6)11-24-16(4)9-22-14(2)7-19;1-7-4-5-8-3-2-6/h13-20H,7-12H2,1-6H3;6H,2-5H2,1H3. The van der Waals surface area contributed by atoms with E-state index in [9.17, 15) is 5.11 Å². The second-order valence-corrected chi connectivity index (χ2v) is 8.08. The highest BCUT2D eigenvalue weighted by atomic mass is 16.6. The van der Waals surface area contributed by atoms with E-state index in [1.165, 1.54) is 0 Å². The van der Waals surface area contributed by atoms with Crippen molar-refractivity contribution in [3.8, 4) is 0 Å². The minimum absolute atomic E-state index is 0.00675. The topological polar surface area (TPSA) is 125 Å². The largest absolute Gasteiger partial charge is 0.394 e. The molecule has 0 fully saturated rings. The van der Waals surface area contributed by atoms with Crippen LogP contribution in [-0.4, -0.2) is 125 Å². The molecule has 3 N–H and O–H groups in total. The number of methoxy groups -OCH3 is 1. The van der Waals surface area contributed by atoms with Gasteiger partial charge in [0.1, 0.15) is 0 Å². The first-order chi connectivity index (χ1) is 15.7. The first-order valence-electron chi connectivity index (χ1n) is 11.7. The Kier molecular flexibility index (Phi) is 26.0. The fraction of sp³-hybridized carbons (Fsp3) is 1.00. The van der Waals surface area contributed by atoms with Crippen molar-refractivity contribution in [3.63, 3.8) is 0 Å². The van der Waals surface area contributed by atoms with Crippen LogP contribution in [0.1, 0.15) is 41.5 Å². The second kappa shape index (κ2) is 24.7. The maximum atomic E-state index is 9.17. The lowest BCUT2D eigenvalue weighted by atomic mass is 10.3. The fourth-order valence-electron chi connectivity index (χ4n) is 2.06. The molecule has 0 saturated heterocycles. The van der Waals surface area contributed by atoms with E-state index in [4.69, 9.17) is 38.6 Å². The molecule has 0 rings (SSSR count). The molecule has 0 aliphatic carbocycles. The Bertz CT molecular complexity index is 380. The SMILES string of the molecule is CC(O)COC(C)COC(C)COC(C)COC(C)COC(C)CO.COCCOCCO. The quantitative estimate of drug-likeness (QED) is 0.203. The van der Waals surface area contributed by atoms with Crippen LogP contribution in [0.2, 0.25) is 0 Å². The van der Waals surface area contributed by atoms with E-state index < -0.39 is 6.10 Å². The molecule has 10 nitrogen and oxygen atoms in total. The molecule has 0 saturated carbocycles. The summed E-state index contributed by atoms with van der Waals surface area (Å²) in [6.07, 6.45) is -0.868. The molecule has 0 aliphatic heterocycles. The molecule has 0 amide bonds. The van der Waals surface area contributed by atoms with Crippen molar-refractivity contribution in [2.24, 2.45) is 0 Å². The normalized spacial score (nSPS) is 16.9. The zero-order valence-electron chi connectivity index (χ0n) is 21.7. The molecule has 0 aliphatic rings. The lowest BCUT2D eigenvalue weighted by Gasteiger charge is -2.22. The average Bonchev–Trinajstić information content (AvgIpc) is 2.80. The summed E-state index contributed by atoms with van der Waals surface area (Å²) in [5.41, 5.74) is 0. The van der Waals surface area contributed by atoms with E-state index in [1.807, 2.05) is 34.6 Å². The van der Waals surface area contributed by atoms with Gasteiger partial charge >= 0.3 is 0 Å². The van der Waals surface area contributed by atoms with Crippen molar-refractivity contribution in [2.75, 3.05) is 73.2 Å². The molecule has 0 aromatic carbocycles. The van der Waals surface area contributed by atoms with Gasteiger partial charge in [-0.3, -0.25) is 0 Å². The number of ether oxygens (including phenoxy) is 7. The van der Waals surface area contributed by atoms with Gasteiger partial charge in [0, 0.05) is 7.11 Å². The van der Waals surface area contributed by atoms with E-state index in [0.29, 0.717) is 52.9 Å². The van der Waals surface area contributed by atoms with E-state index >= 15 is 0 Å². The number of aliphatic hydroxyl groups excluding tert-OH is 3. The van der Waals surface area contributed by atoms with Crippen LogP contribution in [0.25, 0.3) is 0 Å². The molecule has 6 atom stereocenters. The predicted molar refractivity (Wildman–Crippen MR) is 126 cm³/mol. The van der Waals surface area contributed by atoms with Crippen molar-refractivity contribution in [3.05, 3.63) is 0 Å². The van der Waals surface area contributed by atoms with Gasteiger partial charge in [-0.1, -0.05) is 0 Å². The third kappa shape index (κ3) is 27.7. The molecule has 0 spiro atoms. The number of rotatable bonds is 21. The summed E-state index contributed by atoms with van der Waals surface area (Å²) < 4.78 is 37.4. The maximum absolute atomic E-state index is 9.17. The van der Waals surface area contributed by atoms with Crippen molar-refractivity contribution in [2.45, 2.75) is 78.2 Å². The summed E-state index contributed by atoms with van der Waals surface area (Å²) in [4.78, 5) is 0. The Hall–Kier alpha value is -0.400. The van der Waals surface area contributed by atoms with Crippen LogP contribution in [0.5, 0.6) is 0 Å². The lowest BCUT2D eigenvalue weighted by Crippen LogP contribution is -2.29. The molecule has 0 heterocycles. The van der Waals surface area contributed by atoms with Crippen LogP contribution in [0.15, 0.2) is 0 Å². The molecule has 10 heteroatoms. The van der Waals surface area contributed by atoms with Gasteiger partial charge in [0.15, 0.2) is 0 Å². The summed E-state index contributed by atoms with van der Waals surface area (Å²) >= 11 is 0. The summed E-state index contributed by atoms with van der Waals surface area (Å²) in [6.45, 7) is 15.1. The van der Waals surface area contributed by atoms with E-state index in [-0.39, 0.29) is 43.7 Å². The minimum atomic E-state index is -0.469. The highest BCUT2D eigenvalue weighted by Gasteiger charge is 2.12. The Balaban J connectivity index is 0. The average molecular weight is 487 g/mol. The molecule has 0 aromatic heterocycles. The molecular weight excluding hydrogens is 436 g/mol. The van der Waals surface area contributed by atoms with Crippen molar-refractivity contribution >= 4 is 0 Å². The molecule has 33 heavy (non-hydrogen) atoms. The van der Waals surface area contributed by atoms with Gasteiger partial charge in [-0.15, -0.1) is 0 Å². The minimum Gasteiger partial charge on any atom is -0.394 e. The molecule has 0 aromatic rings. The number of hydrogen-bond acceptors (Lipinski definition) is 10. The third-order valence-electron chi connectivity index (χ3n) is 4.01. The highest BCUT2D eigenvalue weighted by Crippen LogP contribution is 2.03. The van der Waals surface area contributed by atoms with E-state index in [2.05, 4.69) is 4.74 Å². The molecular formula is C23H50O10. The van der Waals surface area contributed by atoms with Gasteiger partial charge in [-0.25, -0.2) is 0 Å². The monoisotopic (exact) mass is 486 g/mol. The maximum Gasteiger partial charge on any atom is 0.0781 e. The summed E-state index contributed by atoms with van der Waals surface area (Å²) in [5.74, 6) is 0. The van der Waals surface area contributed by atoms with Crippen molar-refractivity contribution in [1.29, 1.82) is 0 Å². The van der Waals surface area contributed by atoms with E-state index in [0.717, 1.165) is 0 Å². The molecule has 0 bridgehead atoms. The van der Waals surface area contributed by atoms with Gasteiger partial charge < -0.3 is 48.5 Å². The van der Waals surface area contributed by atoms with Crippen LogP contribution in [0.4, 0.5) is 0 Å². The van der Waals surface area contributed by atoms with Gasteiger partial charge in [0.25, 0.3) is 0 Å². The molecule has 202 valence electrons. The third-order valence-corrected chi connectivity index (χ3v) is 4.01. The molecule has 6 unspecified atom stereocenters. The Labute approximate surface area is 200 Å². The predicted octanol–water partition coefficient (Wildman–Crippen LogP) is 1.03. The zero-order chi connectivity index (χ0) is 25.5. The molecule has 0 radical (unpaired) electrons. The highest BCUT2D eigenvalue weighted by molar-refractivity contribution is 4.58. The number of hydrogen-bond donors (Lipinski definition) is 3. The summed E-state index contributed by atoms with van der Waals surface area (Å²) in [7, 11) is 1.61. The van der Waals surface area contributed by atoms with E-state index in [1.54, 1.807) is 14.0 Å². The van der Waals surface area contributed by atoms with Crippen LogP contribution >= 0.6 is 0 Å². The fourth-order valence-corrected chi connectivity index (χ4v) is 2.06. The van der Waals surface area contributed by atoms with Crippen LogP contribution in [-0.2, 0) is 33.2 Å². The van der Waals surface area contributed by atoms with Crippen molar-refractivity contribution in [1.82, 2.24) is 0 Å². The first kappa shape index (κ1) is 34.8. The Morgan fingerprint density at radius 2 is 0.939 bits per heavy atom. The number of aliphatic hydroxyl groups is 3. The van der Waals surface area contributed by atoms with Crippen LogP contribution in [0, 0.1) is 0 Å². The lowest BCUT2D eigenvalue weighted by molar-refractivity contribution is -0.100. The summed E-state index contributed by atoms with van der Waals surface area (Å²) in [6, 6.07) is 0. The van der Waals surface area contributed by atoms with Crippen LogP contribution < -0.4 is 0 Å². The van der Waals surface area contributed by atoms with Crippen molar-refractivity contribution < 1.29 is 48.5 Å². The van der Waals surface area contributed by atoms with Gasteiger partial charge in [0.2, 0.25) is 0 Å². The first-order valence-corrected chi connectivity index (χ1v) is 11.7. The Morgan fingerprint density at radius 3 is 1.27 bits per heavy atom. The van der Waals surface area contributed by atoms with Gasteiger partial charge in [0.05, 0.1) is 103 Å². The summed E-state index contributed by atoms with van der Waals surface area (Å²) in [5, 5.41) is 26.3.